The first-order valence-electron chi connectivity index (χ1n) is 18.3. The summed E-state index contributed by atoms with van der Waals surface area (Å²) < 4.78 is 15.9. The molecule has 0 unspecified atom stereocenters. The molecule has 6 rings (SSSR count). The Bertz CT molecular complexity index is 2560. The molecule has 0 bridgehead atoms. The standard InChI is InChI=1S/C50H40O5/c1-4-38-33-36(15-8-7-13-30-54-49(51)5-2)20-23-39(38)26-29-48-45-18-11-9-16-43(45)47(44-17-10-12-19-46(44)48)28-22-37-21-24-41-35-42(27-25-40(41)34-37)53-31-14-32-55-50(52)6-3/h5-6,9-12,16-21,23-25,27,33-35H,2-4,7,13-14,30-32H2,1H3. The molecule has 0 saturated carbocycles. The van der Waals surface area contributed by atoms with E-state index in [9.17, 15) is 9.59 Å². The van der Waals surface area contributed by atoms with Gasteiger partial charge in [-0.25, -0.2) is 9.59 Å². The molecule has 0 spiro atoms. The van der Waals surface area contributed by atoms with Crippen molar-refractivity contribution < 1.29 is 23.8 Å². The second-order valence-corrected chi connectivity index (χ2v) is 12.6. The molecule has 0 aliphatic heterocycles. The number of hydrogen-bond donors (Lipinski definition) is 0. The van der Waals surface area contributed by atoms with E-state index in [2.05, 4.69) is 104 Å². The molecule has 6 aromatic carbocycles. The van der Waals surface area contributed by atoms with Gasteiger partial charge in [0.25, 0.3) is 0 Å². The number of esters is 2. The van der Waals surface area contributed by atoms with Crippen LogP contribution in [0.2, 0.25) is 0 Å². The van der Waals surface area contributed by atoms with E-state index in [4.69, 9.17) is 14.2 Å². The van der Waals surface area contributed by atoms with Crippen LogP contribution in [0.4, 0.5) is 0 Å². The topological polar surface area (TPSA) is 61.8 Å². The predicted molar refractivity (Wildman–Crippen MR) is 222 cm³/mol. The second kappa shape index (κ2) is 18.7. The van der Waals surface area contributed by atoms with Crippen molar-refractivity contribution in [1.82, 2.24) is 0 Å². The van der Waals surface area contributed by atoms with E-state index in [1.165, 1.54) is 6.08 Å². The minimum atomic E-state index is -0.430. The number of hydrogen-bond acceptors (Lipinski definition) is 5. The van der Waals surface area contributed by atoms with Gasteiger partial charge >= 0.3 is 11.9 Å². The molecule has 0 N–H and O–H groups in total. The first-order chi connectivity index (χ1) is 27.0. The number of benzene rings is 6. The summed E-state index contributed by atoms with van der Waals surface area (Å²) >= 11 is 0. The lowest BCUT2D eigenvalue weighted by atomic mass is 9.91. The minimum absolute atomic E-state index is 0.286. The normalized spacial score (nSPS) is 10.3. The molecular formula is C50H40O5. The first kappa shape index (κ1) is 37.7. The number of carbonyl (C=O) groups is 2. The predicted octanol–water partition coefficient (Wildman–Crippen LogP) is 9.87. The molecule has 0 heterocycles. The number of ether oxygens (including phenoxy) is 3. The average Bonchev–Trinajstić information content (AvgIpc) is 3.22. The number of unbranched alkanes of at least 4 members (excludes halogenated alkanes) is 1. The van der Waals surface area contributed by atoms with Crippen LogP contribution in [-0.2, 0) is 25.5 Å². The zero-order valence-corrected chi connectivity index (χ0v) is 30.9. The van der Waals surface area contributed by atoms with Gasteiger partial charge in [-0.05, 0) is 93.2 Å². The third kappa shape index (κ3) is 9.71. The van der Waals surface area contributed by atoms with Gasteiger partial charge in [0.1, 0.15) is 5.75 Å². The van der Waals surface area contributed by atoms with E-state index < -0.39 is 11.9 Å². The van der Waals surface area contributed by atoms with Gasteiger partial charge in [-0.3, -0.25) is 0 Å². The lowest BCUT2D eigenvalue weighted by Crippen LogP contribution is -2.06. The third-order valence-electron chi connectivity index (χ3n) is 8.94. The highest BCUT2D eigenvalue weighted by atomic mass is 16.5. The van der Waals surface area contributed by atoms with Crippen LogP contribution in [-0.4, -0.2) is 31.8 Å². The van der Waals surface area contributed by atoms with E-state index in [-0.39, 0.29) is 6.61 Å². The van der Waals surface area contributed by atoms with Crippen LogP contribution in [0.1, 0.15) is 59.6 Å². The smallest absolute Gasteiger partial charge is 0.330 e. The maximum Gasteiger partial charge on any atom is 0.330 e. The van der Waals surface area contributed by atoms with Gasteiger partial charge in [-0.15, -0.1) is 0 Å². The molecule has 270 valence electrons. The average molecular weight is 721 g/mol. The summed E-state index contributed by atoms with van der Waals surface area (Å²) in [4.78, 5) is 22.4. The Morgan fingerprint density at radius 3 is 1.80 bits per heavy atom. The van der Waals surface area contributed by atoms with E-state index in [1.54, 1.807) is 0 Å². The van der Waals surface area contributed by atoms with Gasteiger partial charge in [-0.1, -0.05) is 116 Å². The molecule has 0 aromatic heterocycles. The van der Waals surface area contributed by atoms with Crippen molar-refractivity contribution in [1.29, 1.82) is 0 Å². The molecular weight excluding hydrogens is 681 g/mol. The highest BCUT2D eigenvalue weighted by Gasteiger charge is 2.12. The van der Waals surface area contributed by atoms with Crippen molar-refractivity contribution >= 4 is 44.3 Å². The van der Waals surface area contributed by atoms with Gasteiger partial charge < -0.3 is 14.2 Å². The van der Waals surface area contributed by atoms with Crippen molar-refractivity contribution in [2.75, 3.05) is 19.8 Å². The van der Waals surface area contributed by atoms with Crippen LogP contribution in [0, 0.1) is 35.5 Å². The van der Waals surface area contributed by atoms with Crippen LogP contribution in [0.25, 0.3) is 32.3 Å². The molecule has 0 aliphatic carbocycles. The molecule has 5 heteroatoms. The number of aryl methyl sites for hydroxylation is 1. The van der Waals surface area contributed by atoms with Crippen LogP contribution in [0.3, 0.4) is 0 Å². The van der Waals surface area contributed by atoms with Crippen molar-refractivity contribution in [3.8, 4) is 41.3 Å². The second-order valence-electron chi connectivity index (χ2n) is 12.6. The van der Waals surface area contributed by atoms with Crippen LogP contribution in [0.5, 0.6) is 5.75 Å². The van der Waals surface area contributed by atoms with Crippen LogP contribution < -0.4 is 4.74 Å². The van der Waals surface area contributed by atoms with Crippen molar-refractivity contribution in [3.05, 3.63) is 162 Å². The maximum atomic E-state index is 11.2. The SMILES string of the molecule is C=CC(=O)OCCCC#Cc1ccc(C#Cc2c3ccccc3c(C#Cc3ccc4cc(OCCCOC(=O)C=C)ccc4c3)c3ccccc23)c(CC)c1. The molecule has 0 atom stereocenters. The molecule has 0 aliphatic rings. The number of carbonyl (C=O) groups excluding carboxylic acids is 2. The Balaban J connectivity index is 1.25. The van der Waals surface area contributed by atoms with Gasteiger partial charge in [0.05, 0.1) is 19.8 Å². The van der Waals surface area contributed by atoms with Gasteiger partial charge in [0.15, 0.2) is 0 Å². The van der Waals surface area contributed by atoms with Crippen LogP contribution >= 0.6 is 0 Å². The molecule has 0 radical (unpaired) electrons. The quantitative estimate of drug-likeness (QED) is 0.0439. The zero-order valence-electron chi connectivity index (χ0n) is 30.9. The van der Waals surface area contributed by atoms with E-state index in [0.717, 1.165) is 83.9 Å². The molecule has 0 saturated heterocycles. The van der Waals surface area contributed by atoms with E-state index in [1.807, 2.05) is 54.6 Å². The van der Waals surface area contributed by atoms with Crippen molar-refractivity contribution in [2.24, 2.45) is 0 Å². The first-order valence-corrected chi connectivity index (χ1v) is 18.3. The van der Waals surface area contributed by atoms with Gasteiger partial charge in [0.2, 0.25) is 0 Å². The summed E-state index contributed by atoms with van der Waals surface area (Å²) in [6, 6.07) is 35.0. The Morgan fingerprint density at radius 2 is 1.16 bits per heavy atom. The third-order valence-corrected chi connectivity index (χ3v) is 8.94. The lowest BCUT2D eigenvalue weighted by Gasteiger charge is -2.11. The summed E-state index contributed by atoms with van der Waals surface area (Å²) in [6.45, 7) is 9.99. The highest BCUT2D eigenvalue weighted by molar-refractivity contribution is 6.10. The summed E-state index contributed by atoms with van der Waals surface area (Å²) in [7, 11) is 0. The molecule has 6 aromatic rings. The lowest BCUT2D eigenvalue weighted by molar-refractivity contribution is -0.138. The van der Waals surface area contributed by atoms with Gasteiger partial charge in [0, 0.05) is 52.8 Å². The Morgan fingerprint density at radius 1 is 0.600 bits per heavy atom. The monoisotopic (exact) mass is 720 g/mol. The number of fused-ring (bicyclic) bond motifs is 3. The van der Waals surface area contributed by atoms with Gasteiger partial charge in [-0.2, -0.15) is 0 Å². The summed E-state index contributed by atoms with van der Waals surface area (Å²) in [6.07, 6.45) is 5.04. The highest BCUT2D eigenvalue weighted by Crippen LogP contribution is 2.32. The van der Waals surface area contributed by atoms with Crippen LogP contribution in [0.15, 0.2) is 128 Å². The zero-order chi connectivity index (χ0) is 38.4. The Labute approximate surface area is 322 Å². The summed E-state index contributed by atoms with van der Waals surface area (Å²) in [5.41, 5.74) is 5.90. The fourth-order valence-electron chi connectivity index (χ4n) is 6.18. The Kier molecular flexibility index (Phi) is 12.8. The molecule has 55 heavy (non-hydrogen) atoms. The minimum Gasteiger partial charge on any atom is -0.493 e. The molecule has 0 amide bonds. The van der Waals surface area contributed by atoms with Crippen molar-refractivity contribution in [2.45, 2.75) is 32.6 Å². The summed E-state index contributed by atoms with van der Waals surface area (Å²) in [5, 5.41) is 6.34. The number of rotatable bonds is 11. The van der Waals surface area contributed by atoms with E-state index >= 15 is 0 Å². The molecule has 5 nitrogen and oxygen atoms in total. The fraction of sp³-hybridized carbons (Fsp3) is 0.160. The Hall–Kier alpha value is -7.00. The van der Waals surface area contributed by atoms with E-state index in [0.29, 0.717) is 32.5 Å². The summed E-state index contributed by atoms with van der Waals surface area (Å²) in [5.74, 6) is 20.4. The fourth-order valence-corrected chi connectivity index (χ4v) is 6.18. The molecule has 0 fully saturated rings. The van der Waals surface area contributed by atoms with Crippen molar-refractivity contribution in [3.63, 3.8) is 0 Å². The largest absolute Gasteiger partial charge is 0.493 e. The maximum absolute atomic E-state index is 11.2.